The molecule has 13 heteroatoms. The van der Waals surface area contributed by atoms with Gasteiger partial charge in [0.05, 0.1) is 11.3 Å². The van der Waals surface area contributed by atoms with E-state index >= 15 is 0 Å². The van der Waals surface area contributed by atoms with Crippen molar-refractivity contribution in [1.82, 2.24) is 19.9 Å². The van der Waals surface area contributed by atoms with Gasteiger partial charge in [-0.3, -0.25) is 4.79 Å². The van der Waals surface area contributed by atoms with Gasteiger partial charge in [-0.1, -0.05) is 24.3 Å². The molecule has 0 radical (unpaired) electrons. The van der Waals surface area contributed by atoms with E-state index in [4.69, 9.17) is 14.5 Å². The van der Waals surface area contributed by atoms with E-state index in [1.165, 1.54) is 6.07 Å². The third-order valence-corrected chi connectivity index (χ3v) is 7.15. The number of fused-ring (bicyclic) bond motifs is 1. The molecule has 1 aliphatic rings. The minimum Gasteiger partial charge on any atom is -0.444 e. The van der Waals surface area contributed by atoms with Crippen molar-refractivity contribution >= 4 is 34.4 Å². The van der Waals surface area contributed by atoms with Crippen molar-refractivity contribution in [2.24, 2.45) is 0 Å². The number of ether oxygens (including phenoxy) is 2. The van der Waals surface area contributed by atoms with E-state index in [2.05, 4.69) is 20.6 Å². The van der Waals surface area contributed by atoms with Crippen LogP contribution in [0, 0.1) is 6.92 Å². The van der Waals surface area contributed by atoms with Crippen LogP contribution in [0.4, 0.5) is 29.6 Å². The number of anilines is 2. The van der Waals surface area contributed by atoms with Gasteiger partial charge in [0.1, 0.15) is 17.8 Å². The predicted octanol–water partition coefficient (Wildman–Crippen LogP) is 7.49. The molecular weight excluding hydrogens is 601 g/mol. The minimum absolute atomic E-state index is 0.0784. The molecule has 2 aromatic carbocycles. The number of piperidine rings is 1. The van der Waals surface area contributed by atoms with Crippen LogP contribution < -0.4 is 15.4 Å². The smallest absolute Gasteiger partial charge is 0.410 e. The first kappa shape index (κ1) is 32.5. The third-order valence-electron chi connectivity index (χ3n) is 7.15. The molecule has 0 aliphatic carbocycles. The molecule has 1 saturated heterocycles. The molecule has 242 valence electrons. The monoisotopic (exact) mass is 636 g/mol. The Bertz CT molecular complexity index is 1740. The van der Waals surface area contributed by atoms with Gasteiger partial charge in [-0.25, -0.2) is 19.7 Å². The summed E-state index contributed by atoms with van der Waals surface area (Å²) in [5.74, 6) is -0.0952. The fourth-order valence-corrected chi connectivity index (χ4v) is 5.17. The van der Waals surface area contributed by atoms with E-state index in [0.29, 0.717) is 46.8 Å². The number of hydrogen-bond acceptors (Lipinski definition) is 8. The highest BCUT2D eigenvalue weighted by Gasteiger charge is 2.31. The molecule has 1 unspecified atom stereocenters. The number of pyridine rings is 1. The first-order valence-electron chi connectivity index (χ1n) is 14.9. The second-order valence-corrected chi connectivity index (χ2v) is 12.1. The van der Waals surface area contributed by atoms with Gasteiger partial charge < -0.3 is 25.0 Å². The summed E-state index contributed by atoms with van der Waals surface area (Å²) in [4.78, 5) is 39.9. The average molecular weight is 637 g/mol. The van der Waals surface area contributed by atoms with Crippen molar-refractivity contribution in [2.45, 2.75) is 64.8 Å². The van der Waals surface area contributed by atoms with E-state index < -0.39 is 24.1 Å². The number of nitrogens with one attached hydrogen (secondary N) is 2. The van der Waals surface area contributed by atoms with E-state index in [1.54, 1.807) is 53.7 Å². The fraction of sp³-hybridized carbons (Fsp3) is 0.364. The molecule has 2 amide bonds. The van der Waals surface area contributed by atoms with Crippen LogP contribution in [0.25, 0.3) is 22.0 Å². The van der Waals surface area contributed by atoms with Gasteiger partial charge in [0.2, 0.25) is 17.7 Å². The number of rotatable bonds is 7. The minimum atomic E-state index is -4.62. The molecule has 0 saturated carbocycles. The molecule has 1 aliphatic heterocycles. The lowest BCUT2D eigenvalue weighted by molar-refractivity contribution is -0.150. The Kier molecular flexibility index (Phi) is 9.31. The molecular formula is C33H35F3N6O4. The molecule has 1 atom stereocenters. The molecule has 1 fully saturated rings. The topological polar surface area (TPSA) is 119 Å². The molecule has 2 aromatic heterocycles. The lowest BCUT2D eigenvalue weighted by Gasteiger charge is -2.34. The largest absolute Gasteiger partial charge is 0.444 e. The zero-order chi connectivity index (χ0) is 33.1. The van der Waals surface area contributed by atoms with Gasteiger partial charge in [0.25, 0.3) is 0 Å². The summed E-state index contributed by atoms with van der Waals surface area (Å²) in [6.45, 7) is 8.40. The lowest BCUT2D eigenvalue weighted by Crippen LogP contribution is -2.47. The number of benzene rings is 2. The van der Waals surface area contributed by atoms with Crippen LogP contribution in [0.1, 0.15) is 45.6 Å². The van der Waals surface area contributed by atoms with E-state index in [0.717, 1.165) is 18.4 Å². The number of aromatic nitrogens is 3. The highest BCUT2D eigenvalue weighted by atomic mass is 19.4. The van der Waals surface area contributed by atoms with Gasteiger partial charge in [0.15, 0.2) is 0 Å². The number of halogens is 3. The van der Waals surface area contributed by atoms with Gasteiger partial charge in [-0.05, 0) is 70.4 Å². The van der Waals surface area contributed by atoms with Crippen molar-refractivity contribution < 1.29 is 32.2 Å². The maximum atomic E-state index is 12.8. The Morgan fingerprint density at radius 1 is 1.00 bits per heavy atom. The van der Waals surface area contributed by atoms with Gasteiger partial charge >= 0.3 is 12.3 Å². The fourth-order valence-electron chi connectivity index (χ4n) is 5.17. The van der Waals surface area contributed by atoms with Crippen LogP contribution in [-0.2, 0) is 9.53 Å². The third kappa shape index (κ3) is 8.20. The first-order chi connectivity index (χ1) is 21.8. The Labute approximate surface area is 264 Å². The van der Waals surface area contributed by atoms with Crippen molar-refractivity contribution in [3.63, 3.8) is 0 Å². The molecule has 4 aromatic rings. The lowest BCUT2D eigenvalue weighted by atomic mass is 10.0. The summed E-state index contributed by atoms with van der Waals surface area (Å²) in [6, 6.07) is 13.6. The van der Waals surface area contributed by atoms with Gasteiger partial charge in [-0.15, -0.1) is 0 Å². The molecule has 3 heterocycles. The normalized spacial score (nSPS) is 15.4. The Hall–Kier alpha value is -4.94. The Morgan fingerprint density at radius 2 is 1.80 bits per heavy atom. The van der Waals surface area contributed by atoms with Crippen LogP contribution in [0.3, 0.4) is 0 Å². The van der Waals surface area contributed by atoms with Crippen LogP contribution in [0.15, 0.2) is 60.9 Å². The Morgan fingerprint density at radius 3 is 2.57 bits per heavy atom. The highest BCUT2D eigenvalue weighted by Crippen LogP contribution is 2.39. The van der Waals surface area contributed by atoms with Crippen molar-refractivity contribution in [3.8, 4) is 22.9 Å². The van der Waals surface area contributed by atoms with Crippen molar-refractivity contribution in [2.75, 3.05) is 23.7 Å². The molecule has 5 rings (SSSR count). The van der Waals surface area contributed by atoms with Gasteiger partial charge in [0, 0.05) is 48.0 Å². The summed E-state index contributed by atoms with van der Waals surface area (Å²) in [7, 11) is 0. The summed E-state index contributed by atoms with van der Waals surface area (Å²) >= 11 is 0. The number of likely N-dealkylation sites (tertiary alicyclic amines) is 1. The molecule has 2 N–H and O–H groups in total. The van der Waals surface area contributed by atoms with Crippen LogP contribution in [0.2, 0.25) is 0 Å². The first-order valence-corrected chi connectivity index (χ1v) is 14.9. The molecule has 0 bridgehead atoms. The Balaban J connectivity index is 1.38. The molecule has 0 spiro atoms. The number of hydrogen-bond donors (Lipinski definition) is 2. The quantitative estimate of drug-likeness (QED) is 0.214. The average Bonchev–Trinajstić information content (AvgIpc) is 2.97. The molecule has 46 heavy (non-hydrogen) atoms. The van der Waals surface area contributed by atoms with E-state index in [1.807, 2.05) is 33.8 Å². The maximum absolute atomic E-state index is 12.8. The number of nitrogens with zero attached hydrogens (tertiary/aromatic N) is 4. The number of carbonyl (C=O) groups is 2. The summed E-state index contributed by atoms with van der Waals surface area (Å²) in [6.07, 6.45) is -1.74. The summed E-state index contributed by atoms with van der Waals surface area (Å²) < 4.78 is 50.2. The number of carbonyl (C=O) groups excluding carboxylic acids is 2. The SMILES string of the molecule is Cc1ccc2c(NC(=O)CC(F)(F)F)cccc2c1Oc1ncccc1-c1ccnc(NC2CCCN(C(=O)OC(C)(C)C)C2)n1. The van der Waals surface area contributed by atoms with Crippen LogP contribution >= 0.6 is 0 Å². The second kappa shape index (κ2) is 13.2. The zero-order valence-corrected chi connectivity index (χ0v) is 25.9. The van der Waals surface area contributed by atoms with Crippen molar-refractivity contribution in [3.05, 3.63) is 66.5 Å². The number of alkyl halides is 3. The highest BCUT2D eigenvalue weighted by molar-refractivity contribution is 6.04. The second-order valence-electron chi connectivity index (χ2n) is 12.1. The maximum Gasteiger partial charge on any atom is 0.410 e. The van der Waals surface area contributed by atoms with Gasteiger partial charge in [-0.2, -0.15) is 13.2 Å². The summed E-state index contributed by atoms with van der Waals surface area (Å²) in [5, 5.41) is 6.80. The zero-order valence-electron chi connectivity index (χ0n) is 25.9. The van der Waals surface area contributed by atoms with E-state index in [-0.39, 0.29) is 23.7 Å². The van der Waals surface area contributed by atoms with Crippen molar-refractivity contribution in [1.29, 1.82) is 0 Å². The number of amides is 2. The molecule has 10 nitrogen and oxygen atoms in total. The number of aryl methyl sites for hydroxylation is 1. The van der Waals surface area contributed by atoms with Crippen LogP contribution in [0.5, 0.6) is 11.6 Å². The standard InChI is InChI=1S/C33H35F3N6O4/c1-20-12-13-22-23(9-5-11-25(22)40-27(43)18-33(34,35)36)28(20)45-29-24(10-6-15-37-29)26-14-16-38-30(41-26)39-21-8-7-17-42(19-21)31(44)46-32(2,3)4/h5-6,9-16,21H,7-8,17-19H2,1-4H3,(H,40,43)(H,38,39,41). The van der Waals surface area contributed by atoms with E-state index in [9.17, 15) is 22.8 Å². The summed E-state index contributed by atoms with van der Waals surface area (Å²) in [5.41, 5.74) is 1.52. The predicted molar refractivity (Wildman–Crippen MR) is 168 cm³/mol. The van der Waals surface area contributed by atoms with Crippen LogP contribution in [-0.4, -0.2) is 62.8 Å².